The SMILES string of the molecule is Cc1cc(OCCO)cc(C)c1-c1cccc(CNc2ccc3c(c2)CC2(CC2)C3Cc2nnn[n-]2)c1C. The molecule has 0 amide bonds. The van der Waals surface area contributed by atoms with Crippen molar-refractivity contribution in [2.45, 2.75) is 58.9 Å². The van der Waals surface area contributed by atoms with E-state index in [9.17, 15) is 0 Å². The summed E-state index contributed by atoms with van der Waals surface area (Å²) in [6.45, 7) is 7.54. The standard InChI is InChI=1S/C31H34N5O2/c1-19-13-25(38-12-11-37)14-20(2)30(19)26-6-4-5-22(21(26)3)18-32-24-7-8-27-23(15-24)17-31(9-10-31)28(27)16-29-33-35-36-34-29/h4-8,13-15,28,32,37H,9-12,16-18H2,1-3H3/q-1. The molecule has 38 heavy (non-hydrogen) atoms. The second-order valence-corrected chi connectivity index (χ2v) is 11.0. The van der Waals surface area contributed by atoms with E-state index in [0.717, 1.165) is 36.6 Å². The smallest absolute Gasteiger partial charge is 0.119 e. The van der Waals surface area contributed by atoms with Gasteiger partial charge in [0, 0.05) is 18.1 Å². The third-order valence-electron chi connectivity index (χ3n) is 8.50. The van der Waals surface area contributed by atoms with E-state index >= 15 is 0 Å². The average Bonchev–Trinajstić information content (AvgIpc) is 3.36. The van der Waals surface area contributed by atoms with Crippen LogP contribution in [-0.4, -0.2) is 33.8 Å². The van der Waals surface area contributed by atoms with Gasteiger partial charge >= 0.3 is 0 Å². The molecule has 1 unspecified atom stereocenters. The lowest BCUT2D eigenvalue weighted by molar-refractivity contribution is 0.201. The van der Waals surface area contributed by atoms with Crippen molar-refractivity contribution in [1.29, 1.82) is 0 Å². The van der Waals surface area contributed by atoms with Crippen molar-refractivity contribution < 1.29 is 9.84 Å². The Kier molecular flexibility index (Phi) is 6.40. The third kappa shape index (κ3) is 4.56. The molecule has 1 spiro atoms. The number of fused-ring (bicyclic) bond motifs is 1. The first-order chi connectivity index (χ1) is 18.5. The number of aryl methyl sites for hydroxylation is 2. The predicted octanol–water partition coefficient (Wildman–Crippen LogP) is 5.07. The Morgan fingerprint density at radius 1 is 1.08 bits per heavy atom. The van der Waals surface area contributed by atoms with Crippen molar-refractivity contribution in [2.24, 2.45) is 5.41 Å². The van der Waals surface area contributed by atoms with Gasteiger partial charge in [0.05, 0.1) is 6.61 Å². The fourth-order valence-electron chi connectivity index (χ4n) is 6.42. The number of hydrogen-bond acceptors (Lipinski definition) is 6. The number of hydrogen-bond donors (Lipinski definition) is 2. The maximum atomic E-state index is 9.09. The monoisotopic (exact) mass is 508 g/mol. The van der Waals surface area contributed by atoms with Crippen molar-refractivity contribution in [3.8, 4) is 16.9 Å². The van der Waals surface area contributed by atoms with Crippen molar-refractivity contribution in [2.75, 3.05) is 18.5 Å². The topological polar surface area (TPSA) is 94.3 Å². The van der Waals surface area contributed by atoms with E-state index in [0.29, 0.717) is 17.9 Å². The number of tetrazole rings is 1. The van der Waals surface area contributed by atoms with Crippen molar-refractivity contribution in [3.63, 3.8) is 0 Å². The van der Waals surface area contributed by atoms with Crippen LogP contribution in [0.5, 0.6) is 5.75 Å². The Hall–Kier alpha value is -3.71. The van der Waals surface area contributed by atoms with E-state index in [1.54, 1.807) is 0 Å². The highest BCUT2D eigenvalue weighted by Gasteiger charge is 2.53. The van der Waals surface area contributed by atoms with Crippen LogP contribution in [0.25, 0.3) is 11.1 Å². The fourth-order valence-corrected chi connectivity index (χ4v) is 6.42. The molecule has 196 valence electrons. The van der Waals surface area contributed by atoms with Gasteiger partial charge in [-0.05, 0) is 127 Å². The Bertz CT molecular complexity index is 1440. The van der Waals surface area contributed by atoms with Gasteiger partial charge in [0.1, 0.15) is 12.4 Å². The largest absolute Gasteiger partial charge is 0.491 e. The van der Waals surface area contributed by atoms with Crippen LogP contribution in [0.1, 0.15) is 58.0 Å². The Morgan fingerprint density at radius 3 is 2.61 bits per heavy atom. The summed E-state index contributed by atoms with van der Waals surface area (Å²) in [5.41, 5.74) is 11.8. The van der Waals surface area contributed by atoms with Gasteiger partial charge in [-0.15, -0.1) is 0 Å². The van der Waals surface area contributed by atoms with Gasteiger partial charge < -0.3 is 20.3 Å². The lowest BCUT2D eigenvalue weighted by Gasteiger charge is -2.19. The third-order valence-corrected chi connectivity index (χ3v) is 8.50. The molecule has 0 aliphatic heterocycles. The zero-order valence-electron chi connectivity index (χ0n) is 22.3. The molecule has 1 saturated carbocycles. The summed E-state index contributed by atoms with van der Waals surface area (Å²) < 4.78 is 5.66. The summed E-state index contributed by atoms with van der Waals surface area (Å²) in [6, 6.07) is 17.5. The van der Waals surface area contributed by atoms with E-state index in [1.165, 1.54) is 57.3 Å². The molecule has 2 N–H and O–H groups in total. The summed E-state index contributed by atoms with van der Waals surface area (Å²) in [4.78, 5) is 0. The van der Waals surface area contributed by atoms with Crippen LogP contribution in [0, 0.1) is 26.2 Å². The van der Waals surface area contributed by atoms with Gasteiger partial charge in [0.25, 0.3) is 0 Å². The van der Waals surface area contributed by atoms with Gasteiger partial charge in [0.2, 0.25) is 0 Å². The number of ether oxygens (including phenoxy) is 1. The molecule has 1 fully saturated rings. The van der Waals surface area contributed by atoms with E-state index in [2.05, 4.69) is 95.2 Å². The highest BCUT2D eigenvalue weighted by atomic mass is 16.5. The number of aromatic nitrogens is 4. The molecule has 6 rings (SSSR count). The van der Waals surface area contributed by atoms with Crippen LogP contribution in [0.3, 0.4) is 0 Å². The quantitative estimate of drug-likeness (QED) is 0.326. The Balaban J connectivity index is 1.20. The number of nitrogens with one attached hydrogen (secondary N) is 1. The van der Waals surface area contributed by atoms with Crippen molar-refractivity contribution >= 4 is 5.69 Å². The molecule has 7 nitrogen and oxygen atoms in total. The molecule has 0 radical (unpaired) electrons. The molecule has 1 aromatic heterocycles. The molecule has 0 saturated heterocycles. The number of rotatable bonds is 9. The van der Waals surface area contributed by atoms with Gasteiger partial charge in [-0.3, -0.25) is 10.3 Å². The van der Waals surface area contributed by atoms with Crippen LogP contribution in [0.4, 0.5) is 5.69 Å². The number of benzene rings is 3. The summed E-state index contributed by atoms with van der Waals surface area (Å²) in [7, 11) is 0. The van der Waals surface area contributed by atoms with E-state index < -0.39 is 0 Å². The highest BCUT2D eigenvalue weighted by Crippen LogP contribution is 2.63. The molecule has 3 aromatic carbocycles. The molecule has 4 aromatic rings. The highest BCUT2D eigenvalue weighted by molar-refractivity contribution is 5.75. The second-order valence-electron chi connectivity index (χ2n) is 11.0. The lowest BCUT2D eigenvalue weighted by atomic mass is 9.86. The normalized spacial score (nSPS) is 17.0. The fraction of sp³-hybridized carbons (Fsp3) is 0.387. The van der Waals surface area contributed by atoms with E-state index in [-0.39, 0.29) is 6.61 Å². The maximum absolute atomic E-state index is 9.09. The minimum absolute atomic E-state index is 0.0127. The van der Waals surface area contributed by atoms with Gasteiger partial charge in [-0.2, -0.15) is 5.21 Å². The molecule has 1 heterocycles. The molecule has 1 atom stereocenters. The Labute approximate surface area is 223 Å². The molecule has 7 heteroatoms. The zero-order chi connectivity index (χ0) is 26.3. The number of anilines is 1. The Morgan fingerprint density at radius 2 is 1.89 bits per heavy atom. The minimum atomic E-state index is 0.0127. The molecular weight excluding hydrogens is 474 g/mol. The van der Waals surface area contributed by atoms with Crippen LogP contribution in [0.15, 0.2) is 48.5 Å². The first-order valence-corrected chi connectivity index (χ1v) is 13.5. The molecule has 0 bridgehead atoms. The summed E-state index contributed by atoms with van der Waals surface area (Å²) in [5.74, 6) is 2.02. The minimum Gasteiger partial charge on any atom is -0.491 e. The van der Waals surface area contributed by atoms with Gasteiger partial charge in [-0.1, -0.05) is 24.3 Å². The predicted molar refractivity (Wildman–Crippen MR) is 147 cm³/mol. The lowest BCUT2D eigenvalue weighted by Crippen LogP contribution is -2.12. The van der Waals surface area contributed by atoms with Gasteiger partial charge in [0.15, 0.2) is 0 Å². The maximum Gasteiger partial charge on any atom is 0.119 e. The number of aliphatic hydroxyl groups is 1. The number of aliphatic hydroxyl groups excluding tert-OH is 1. The van der Waals surface area contributed by atoms with Crippen molar-refractivity contribution in [3.05, 3.63) is 87.7 Å². The number of nitrogens with zero attached hydrogens (tertiary/aromatic N) is 4. The molecule has 2 aliphatic rings. The van der Waals surface area contributed by atoms with Gasteiger partial charge in [-0.25, -0.2) is 0 Å². The average molecular weight is 509 g/mol. The first-order valence-electron chi connectivity index (χ1n) is 13.5. The van der Waals surface area contributed by atoms with Crippen LogP contribution >= 0.6 is 0 Å². The van der Waals surface area contributed by atoms with E-state index in [1.807, 2.05) is 0 Å². The van der Waals surface area contributed by atoms with E-state index in [4.69, 9.17) is 9.84 Å². The summed E-state index contributed by atoms with van der Waals surface area (Å²) >= 11 is 0. The second kappa shape index (κ2) is 9.87. The first kappa shape index (κ1) is 24.6. The zero-order valence-corrected chi connectivity index (χ0v) is 22.3. The van der Waals surface area contributed by atoms with Crippen LogP contribution < -0.4 is 15.2 Å². The molecular formula is C31H34N5O2-. The van der Waals surface area contributed by atoms with Crippen LogP contribution in [0.2, 0.25) is 0 Å². The van der Waals surface area contributed by atoms with Crippen LogP contribution in [-0.2, 0) is 19.4 Å². The summed E-state index contributed by atoms with van der Waals surface area (Å²) in [6.07, 6.45) is 4.51. The molecule has 2 aliphatic carbocycles. The van der Waals surface area contributed by atoms with Crippen molar-refractivity contribution in [1.82, 2.24) is 20.6 Å². The summed E-state index contributed by atoms with van der Waals surface area (Å²) in [5, 5.41) is 28.3.